The molecule has 0 heterocycles. The van der Waals surface area contributed by atoms with E-state index in [9.17, 15) is 4.79 Å². The summed E-state index contributed by atoms with van der Waals surface area (Å²) >= 11 is 5.84. The number of nitrogens with one attached hydrogen (secondary N) is 2. The second-order valence-corrected chi connectivity index (χ2v) is 5.83. The van der Waals surface area contributed by atoms with Gasteiger partial charge in [-0.15, -0.1) is 0 Å². The quantitative estimate of drug-likeness (QED) is 0.852. The molecule has 0 spiro atoms. The molecule has 2 aromatic carbocycles. The van der Waals surface area contributed by atoms with Crippen LogP contribution >= 0.6 is 11.6 Å². The van der Waals surface area contributed by atoms with Crippen molar-refractivity contribution in [3.05, 3.63) is 64.2 Å². The summed E-state index contributed by atoms with van der Waals surface area (Å²) < 4.78 is 0. The van der Waals surface area contributed by atoms with E-state index in [2.05, 4.69) is 23.6 Å². The molecule has 3 nitrogen and oxygen atoms in total. The summed E-state index contributed by atoms with van der Waals surface area (Å²) in [6, 6.07) is 13.8. The van der Waals surface area contributed by atoms with Crippen molar-refractivity contribution < 1.29 is 4.79 Å². The van der Waals surface area contributed by atoms with Crippen molar-refractivity contribution in [2.24, 2.45) is 0 Å². The number of aryl methyl sites for hydroxylation is 2. The van der Waals surface area contributed by atoms with Gasteiger partial charge in [0.05, 0.1) is 6.54 Å². The Morgan fingerprint density at radius 1 is 1.09 bits per heavy atom. The van der Waals surface area contributed by atoms with Crippen molar-refractivity contribution in [1.29, 1.82) is 0 Å². The number of anilines is 1. The third kappa shape index (κ3) is 5.08. The maximum atomic E-state index is 11.8. The predicted molar refractivity (Wildman–Crippen MR) is 92.6 cm³/mol. The highest BCUT2D eigenvalue weighted by Gasteiger charge is 2.03. The zero-order valence-electron chi connectivity index (χ0n) is 12.9. The van der Waals surface area contributed by atoms with Gasteiger partial charge >= 0.3 is 0 Å². The van der Waals surface area contributed by atoms with Gasteiger partial charge in [-0.25, -0.2) is 0 Å². The summed E-state index contributed by atoms with van der Waals surface area (Å²) in [6.45, 7) is 4.99. The molecule has 2 N–H and O–H groups in total. The molecule has 0 aromatic heterocycles. The first-order valence-electron chi connectivity index (χ1n) is 7.37. The first kappa shape index (κ1) is 16.4. The molecule has 1 amide bonds. The summed E-state index contributed by atoms with van der Waals surface area (Å²) in [5, 5.41) is 6.81. The first-order chi connectivity index (χ1) is 10.5. The minimum atomic E-state index is -0.00561. The van der Waals surface area contributed by atoms with Crippen LogP contribution in [-0.4, -0.2) is 19.0 Å². The van der Waals surface area contributed by atoms with Crippen molar-refractivity contribution >= 4 is 23.2 Å². The fourth-order valence-electron chi connectivity index (χ4n) is 2.25. The number of rotatable bonds is 6. The zero-order valence-corrected chi connectivity index (χ0v) is 13.7. The van der Waals surface area contributed by atoms with E-state index in [1.54, 1.807) is 0 Å². The van der Waals surface area contributed by atoms with Gasteiger partial charge < -0.3 is 10.6 Å². The Hall–Kier alpha value is -2.00. The van der Waals surface area contributed by atoms with Crippen LogP contribution in [0.25, 0.3) is 0 Å². The summed E-state index contributed by atoms with van der Waals surface area (Å²) in [7, 11) is 0. The number of hydrogen-bond donors (Lipinski definition) is 2. The van der Waals surface area contributed by atoms with Crippen molar-refractivity contribution in [3.63, 3.8) is 0 Å². The fraction of sp³-hybridized carbons (Fsp3) is 0.278. The highest BCUT2D eigenvalue weighted by Crippen LogP contribution is 2.15. The highest BCUT2D eigenvalue weighted by atomic mass is 35.5. The average Bonchev–Trinajstić information content (AvgIpc) is 2.48. The Labute approximate surface area is 136 Å². The van der Waals surface area contributed by atoms with Crippen molar-refractivity contribution in [1.82, 2.24) is 5.32 Å². The van der Waals surface area contributed by atoms with Gasteiger partial charge in [-0.05, 0) is 49.6 Å². The number of halogens is 1. The number of carbonyl (C=O) groups excluding carboxylic acids is 1. The van der Waals surface area contributed by atoms with E-state index in [1.807, 2.05) is 43.3 Å². The van der Waals surface area contributed by atoms with Crippen LogP contribution in [0.2, 0.25) is 5.02 Å². The van der Waals surface area contributed by atoms with Gasteiger partial charge in [-0.2, -0.15) is 0 Å². The molecule has 0 aliphatic heterocycles. The molecule has 0 aliphatic carbocycles. The predicted octanol–water partition coefficient (Wildman–Crippen LogP) is 3.73. The van der Waals surface area contributed by atoms with Crippen LogP contribution in [0.4, 0.5) is 5.69 Å². The third-order valence-electron chi connectivity index (χ3n) is 3.47. The topological polar surface area (TPSA) is 41.1 Å². The smallest absolute Gasteiger partial charge is 0.239 e. The SMILES string of the molecule is Cc1ccc(NCC(=O)NCCc2ccc(Cl)cc2)c(C)c1. The van der Waals surface area contributed by atoms with Crippen LogP contribution in [0.1, 0.15) is 16.7 Å². The number of hydrogen-bond acceptors (Lipinski definition) is 2. The van der Waals surface area contributed by atoms with E-state index < -0.39 is 0 Å². The zero-order chi connectivity index (χ0) is 15.9. The van der Waals surface area contributed by atoms with E-state index in [4.69, 9.17) is 11.6 Å². The van der Waals surface area contributed by atoms with Crippen LogP contribution in [0.3, 0.4) is 0 Å². The van der Waals surface area contributed by atoms with E-state index in [-0.39, 0.29) is 12.5 Å². The lowest BCUT2D eigenvalue weighted by molar-refractivity contribution is -0.119. The summed E-state index contributed by atoms with van der Waals surface area (Å²) in [5.41, 5.74) is 4.52. The number of carbonyl (C=O) groups is 1. The second-order valence-electron chi connectivity index (χ2n) is 5.40. The molecule has 0 aliphatic rings. The fourth-order valence-corrected chi connectivity index (χ4v) is 2.37. The normalized spacial score (nSPS) is 10.3. The molecule has 116 valence electrons. The Morgan fingerprint density at radius 2 is 1.82 bits per heavy atom. The van der Waals surface area contributed by atoms with Gasteiger partial charge in [0, 0.05) is 17.3 Å². The van der Waals surface area contributed by atoms with Gasteiger partial charge in [0.1, 0.15) is 0 Å². The molecule has 22 heavy (non-hydrogen) atoms. The van der Waals surface area contributed by atoms with E-state index in [1.165, 1.54) is 5.56 Å². The Kier molecular flexibility index (Phi) is 5.84. The van der Waals surface area contributed by atoms with Crippen LogP contribution in [0.5, 0.6) is 0 Å². The molecular formula is C18H21ClN2O. The van der Waals surface area contributed by atoms with Crippen molar-refractivity contribution in [2.45, 2.75) is 20.3 Å². The molecule has 0 saturated heterocycles. The summed E-state index contributed by atoms with van der Waals surface area (Å²) in [5.74, 6) is -0.00561. The Bertz CT molecular complexity index is 638. The van der Waals surface area contributed by atoms with Crippen molar-refractivity contribution in [3.8, 4) is 0 Å². The summed E-state index contributed by atoms with van der Waals surface area (Å²) in [6.07, 6.45) is 0.798. The summed E-state index contributed by atoms with van der Waals surface area (Å²) in [4.78, 5) is 11.8. The minimum Gasteiger partial charge on any atom is -0.376 e. The van der Waals surface area contributed by atoms with Crippen LogP contribution in [0.15, 0.2) is 42.5 Å². The molecule has 4 heteroatoms. The minimum absolute atomic E-state index is 0.00561. The van der Waals surface area contributed by atoms with Gasteiger partial charge in [0.15, 0.2) is 0 Å². The van der Waals surface area contributed by atoms with Crippen LogP contribution in [0, 0.1) is 13.8 Å². The highest BCUT2D eigenvalue weighted by molar-refractivity contribution is 6.30. The Balaban J connectivity index is 1.72. The van der Waals surface area contributed by atoms with Crippen LogP contribution < -0.4 is 10.6 Å². The lowest BCUT2D eigenvalue weighted by atomic mass is 10.1. The van der Waals surface area contributed by atoms with E-state index >= 15 is 0 Å². The van der Waals surface area contributed by atoms with E-state index in [0.717, 1.165) is 28.3 Å². The monoisotopic (exact) mass is 316 g/mol. The second kappa shape index (κ2) is 7.85. The number of amides is 1. The standard InChI is InChI=1S/C18H21ClN2O/c1-13-3-8-17(14(2)11-13)21-12-18(22)20-10-9-15-4-6-16(19)7-5-15/h3-8,11,21H,9-10,12H2,1-2H3,(H,20,22). The lowest BCUT2D eigenvalue weighted by Crippen LogP contribution is -2.31. The number of benzene rings is 2. The molecule has 0 unspecified atom stereocenters. The first-order valence-corrected chi connectivity index (χ1v) is 7.74. The molecule has 0 atom stereocenters. The van der Waals surface area contributed by atoms with Gasteiger partial charge in [-0.1, -0.05) is 41.4 Å². The van der Waals surface area contributed by atoms with Crippen molar-refractivity contribution in [2.75, 3.05) is 18.4 Å². The molecular weight excluding hydrogens is 296 g/mol. The molecule has 0 bridgehead atoms. The molecule has 0 radical (unpaired) electrons. The van der Waals surface area contributed by atoms with Gasteiger partial charge in [0.25, 0.3) is 0 Å². The lowest BCUT2D eigenvalue weighted by Gasteiger charge is -2.10. The molecule has 0 saturated carbocycles. The maximum absolute atomic E-state index is 11.8. The molecule has 0 fully saturated rings. The molecule has 2 rings (SSSR count). The van der Waals surface area contributed by atoms with Crippen LogP contribution in [-0.2, 0) is 11.2 Å². The Morgan fingerprint density at radius 3 is 2.50 bits per heavy atom. The molecule has 2 aromatic rings. The average molecular weight is 317 g/mol. The largest absolute Gasteiger partial charge is 0.376 e. The van der Waals surface area contributed by atoms with E-state index in [0.29, 0.717) is 6.54 Å². The van der Waals surface area contributed by atoms with Gasteiger partial charge in [0.2, 0.25) is 5.91 Å². The maximum Gasteiger partial charge on any atom is 0.239 e. The van der Waals surface area contributed by atoms with Gasteiger partial charge in [-0.3, -0.25) is 4.79 Å². The third-order valence-corrected chi connectivity index (χ3v) is 3.72.